The van der Waals surface area contributed by atoms with E-state index in [9.17, 15) is 4.39 Å². The molecule has 0 aliphatic carbocycles. The van der Waals surface area contributed by atoms with Gasteiger partial charge in [0.25, 0.3) is 0 Å². The van der Waals surface area contributed by atoms with Crippen LogP contribution in [-0.4, -0.2) is 14.1 Å². The summed E-state index contributed by atoms with van der Waals surface area (Å²) >= 11 is 0. The van der Waals surface area contributed by atoms with E-state index in [1.54, 1.807) is 6.07 Å². The Morgan fingerprint density at radius 1 is 1.20 bits per heavy atom. The van der Waals surface area contributed by atoms with Crippen molar-refractivity contribution in [2.45, 2.75) is 27.2 Å². The quantitative estimate of drug-likeness (QED) is 0.720. The third-order valence-corrected chi connectivity index (χ3v) is 2.23. The second-order valence-corrected chi connectivity index (χ2v) is 5.42. The minimum atomic E-state index is -0.155. The van der Waals surface area contributed by atoms with Crippen molar-refractivity contribution in [2.75, 3.05) is 19.0 Å². The molecule has 84 valence electrons. The van der Waals surface area contributed by atoms with Crippen LogP contribution in [0.25, 0.3) is 0 Å². The van der Waals surface area contributed by atoms with Crippen molar-refractivity contribution >= 4 is 5.69 Å². The van der Waals surface area contributed by atoms with Gasteiger partial charge in [0.2, 0.25) is 0 Å². The molecule has 0 spiro atoms. The molecule has 0 aliphatic heterocycles. The van der Waals surface area contributed by atoms with Gasteiger partial charge >= 0.3 is 0 Å². The summed E-state index contributed by atoms with van der Waals surface area (Å²) in [5.74, 6) is -0.155. The lowest BCUT2D eigenvalue weighted by Crippen LogP contribution is -2.13. The fraction of sp³-hybridized carbons (Fsp3) is 0.538. The van der Waals surface area contributed by atoms with Crippen LogP contribution in [-0.2, 0) is 6.42 Å². The van der Waals surface area contributed by atoms with Crippen LogP contribution in [0.15, 0.2) is 18.2 Å². The van der Waals surface area contributed by atoms with Gasteiger partial charge in [-0.25, -0.2) is 4.39 Å². The van der Waals surface area contributed by atoms with Gasteiger partial charge in [0.15, 0.2) is 0 Å². The summed E-state index contributed by atoms with van der Waals surface area (Å²) in [5.41, 5.74) is 2.09. The smallest absolute Gasteiger partial charge is 0.146 e. The number of anilines is 1. The zero-order chi connectivity index (χ0) is 11.6. The maximum absolute atomic E-state index is 13.4. The van der Waals surface area contributed by atoms with Gasteiger partial charge in [-0.1, -0.05) is 26.8 Å². The fourth-order valence-corrected chi connectivity index (χ4v) is 1.62. The highest BCUT2D eigenvalue weighted by Gasteiger charge is 2.13. The van der Waals surface area contributed by atoms with Crippen molar-refractivity contribution in [3.63, 3.8) is 0 Å². The molecular formula is C13H20FN. The topological polar surface area (TPSA) is 3.24 Å². The molecule has 0 amide bonds. The number of halogens is 1. The highest BCUT2D eigenvalue weighted by atomic mass is 19.1. The summed E-state index contributed by atoms with van der Waals surface area (Å²) in [6.07, 6.45) is 0.966. The monoisotopic (exact) mass is 209 g/mol. The lowest BCUT2D eigenvalue weighted by atomic mass is 9.88. The van der Waals surface area contributed by atoms with Crippen LogP contribution in [0.1, 0.15) is 26.3 Å². The standard InChI is InChI=1S/C13H20FN/c1-13(2,3)9-10-6-7-11(14)12(8-10)15(4)5/h6-8H,9H2,1-5H3. The summed E-state index contributed by atoms with van der Waals surface area (Å²) in [7, 11) is 3.72. The summed E-state index contributed by atoms with van der Waals surface area (Å²) in [6, 6.07) is 5.35. The number of benzene rings is 1. The zero-order valence-corrected chi connectivity index (χ0v) is 10.3. The molecule has 2 heteroatoms. The Hall–Kier alpha value is -1.05. The van der Waals surface area contributed by atoms with Gasteiger partial charge in [-0.2, -0.15) is 0 Å². The van der Waals surface area contributed by atoms with Gasteiger partial charge in [0, 0.05) is 14.1 Å². The van der Waals surface area contributed by atoms with Crippen LogP contribution >= 0.6 is 0 Å². The second kappa shape index (κ2) is 4.21. The van der Waals surface area contributed by atoms with Crippen LogP contribution in [0.4, 0.5) is 10.1 Å². The Balaban J connectivity index is 2.98. The van der Waals surface area contributed by atoms with E-state index >= 15 is 0 Å². The molecule has 0 unspecified atom stereocenters. The van der Waals surface area contributed by atoms with Crippen molar-refractivity contribution in [1.82, 2.24) is 0 Å². The van der Waals surface area contributed by atoms with Gasteiger partial charge in [-0.15, -0.1) is 0 Å². The Morgan fingerprint density at radius 3 is 2.27 bits per heavy atom. The molecule has 0 fully saturated rings. The van der Waals surface area contributed by atoms with Crippen molar-refractivity contribution in [1.29, 1.82) is 0 Å². The molecule has 0 heterocycles. The zero-order valence-electron chi connectivity index (χ0n) is 10.3. The Morgan fingerprint density at radius 2 is 1.80 bits per heavy atom. The van der Waals surface area contributed by atoms with E-state index in [1.807, 2.05) is 31.1 Å². The minimum absolute atomic E-state index is 0.155. The van der Waals surface area contributed by atoms with Gasteiger partial charge in [-0.3, -0.25) is 0 Å². The molecule has 0 saturated carbocycles. The molecule has 0 saturated heterocycles. The largest absolute Gasteiger partial charge is 0.375 e. The van der Waals surface area contributed by atoms with E-state index in [-0.39, 0.29) is 11.2 Å². The lowest BCUT2D eigenvalue weighted by molar-refractivity contribution is 0.411. The first kappa shape index (κ1) is 12.0. The van der Waals surface area contributed by atoms with Crippen molar-refractivity contribution in [2.24, 2.45) is 5.41 Å². The first-order valence-corrected chi connectivity index (χ1v) is 5.25. The lowest BCUT2D eigenvalue weighted by Gasteiger charge is -2.20. The Labute approximate surface area is 91.9 Å². The highest BCUT2D eigenvalue weighted by Crippen LogP contribution is 2.25. The molecule has 1 aromatic rings. The summed E-state index contributed by atoms with van der Waals surface area (Å²) < 4.78 is 13.4. The Bertz CT molecular complexity index is 337. The van der Waals surface area contributed by atoms with Crippen molar-refractivity contribution in [3.8, 4) is 0 Å². The fourth-order valence-electron chi connectivity index (χ4n) is 1.62. The molecular weight excluding hydrogens is 189 g/mol. The number of hydrogen-bond acceptors (Lipinski definition) is 1. The van der Waals surface area contributed by atoms with E-state index in [4.69, 9.17) is 0 Å². The molecule has 0 aromatic heterocycles. The second-order valence-electron chi connectivity index (χ2n) is 5.42. The molecule has 0 atom stereocenters. The summed E-state index contributed by atoms with van der Waals surface area (Å²) in [5, 5.41) is 0. The van der Waals surface area contributed by atoms with Crippen molar-refractivity contribution in [3.05, 3.63) is 29.6 Å². The molecule has 0 N–H and O–H groups in total. The highest BCUT2D eigenvalue weighted by molar-refractivity contribution is 5.48. The van der Waals surface area contributed by atoms with Crippen LogP contribution < -0.4 is 4.90 Å². The van der Waals surface area contributed by atoms with Crippen LogP contribution in [0.3, 0.4) is 0 Å². The van der Waals surface area contributed by atoms with Crippen LogP contribution in [0, 0.1) is 11.2 Å². The normalized spacial score (nSPS) is 11.6. The first-order valence-electron chi connectivity index (χ1n) is 5.25. The van der Waals surface area contributed by atoms with E-state index in [0.717, 1.165) is 6.42 Å². The average Bonchev–Trinajstić information content (AvgIpc) is 2.05. The van der Waals surface area contributed by atoms with Gasteiger partial charge in [-0.05, 0) is 29.5 Å². The predicted octanol–water partition coefficient (Wildman–Crippen LogP) is 3.48. The third-order valence-electron chi connectivity index (χ3n) is 2.23. The maximum atomic E-state index is 13.4. The van der Waals surface area contributed by atoms with Gasteiger partial charge in [0.1, 0.15) is 5.82 Å². The molecule has 15 heavy (non-hydrogen) atoms. The molecule has 0 aliphatic rings. The van der Waals surface area contributed by atoms with Crippen LogP contribution in [0.2, 0.25) is 0 Å². The third kappa shape index (κ3) is 3.54. The molecule has 1 aromatic carbocycles. The van der Waals surface area contributed by atoms with Crippen molar-refractivity contribution < 1.29 is 4.39 Å². The number of rotatable bonds is 2. The summed E-state index contributed by atoms with van der Waals surface area (Å²) in [4.78, 5) is 1.81. The van der Waals surface area contributed by atoms with E-state index in [1.165, 1.54) is 5.56 Å². The first-order chi connectivity index (χ1) is 6.79. The van der Waals surface area contributed by atoms with Gasteiger partial charge in [0.05, 0.1) is 5.69 Å². The average molecular weight is 209 g/mol. The molecule has 0 bridgehead atoms. The maximum Gasteiger partial charge on any atom is 0.146 e. The predicted molar refractivity (Wildman–Crippen MR) is 63.9 cm³/mol. The molecule has 1 rings (SSSR count). The van der Waals surface area contributed by atoms with Crippen LogP contribution in [0.5, 0.6) is 0 Å². The van der Waals surface area contributed by atoms with E-state index in [2.05, 4.69) is 20.8 Å². The number of nitrogens with zero attached hydrogens (tertiary/aromatic N) is 1. The van der Waals surface area contributed by atoms with Gasteiger partial charge < -0.3 is 4.90 Å². The summed E-state index contributed by atoms with van der Waals surface area (Å²) in [6.45, 7) is 6.56. The van der Waals surface area contributed by atoms with E-state index < -0.39 is 0 Å². The molecule has 0 radical (unpaired) electrons. The minimum Gasteiger partial charge on any atom is -0.375 e. The Kier molecular flexibility index (Phi) is 3.38. The van der Waals surface area contributed by atoms with E-state index in [0.29, 0.717) is 5.69 Å². The number of hydrogen-bond donors (Lipinski definition) is 0. The molecule has 1 nitrogen and oxygen atoms in total. The SMILES string of the molecule is CN(C)c1cc(CC(C)(C)C)ccc1F.